The predicted octanol–water partition coefficient (Wildman–Crippen LogP) is 2.05. The molecule has 1 aromatic carbocycles. The van der Waals surface area contributed by atoms with Gasteiger partial charge in [-0.15, -0.1) is 0 Å². The quantitative estimate of drug-likeness (QED) is 0.865. The largest absolute Gasteiger partial charge is 0.398 e. The van der Waals surface area contributed by atoms with E-state index in [4.69, 9.17) is 5.73 Å². The highest BCUT2D eigenvalue weighted by atomic mass is 79.9. The van der Waals surface area contributed by atoms with Crippen molar-refractivity contribution in [3.8, 4) is 0 Å². The van der Waals surface area contributed by atoms with Crippen molar-refractivity contribution in [3.05, 3.63) is 40.1 Å². The number of benzene rings is 1. The van der Waals surface area contributed by atoms with Gasteiger partial charge in [0, 0.05) is 11.5 Å². The molecule has 0 aliphatic heterocycles. The molecule has 1 aromatic heterocycles. The number of nitrogens with two attached hydrogens (primary N) is 1. The van der Waals surface area contributed by atoms with Crippen molar-refractivity contribution in [1.29, 1.82) is 0 Å². The third-order valence-corrected chi connectivity index (χ3v) is 4.94. The van der Waals surface area contributed by atoms with Gasteiger partial charge >= 0.3 is 0 Å². The molecule has 5 nitrogen and oxygen atoms in total. The van der Waals surface area contributed by atoms with Gasteiger partial charge in [-0.05, 0) is 31.2 Å². The Kier molecular flexibility index (Phi) is 3.69. The first-order chi connectivity index (χ1) is 8.79. The van der Waals surface area contributed by atoms with Crippen molar-refractivity contribution in [2.75, 3.05) is 5.73 Å². The first-order valence-corrected chi connectivity index (χ1v) is 8.01. The molecule has 1 heterocycles. The third kappa shape index (κ3) is 2.98. The Balaban J connectivity index is 2.43. The van der Waals surface area contributed by atoms with Crippen LogP contribution in [0.2, 0.25) is 0 Å². The average molecular weight is 344 g/mol. The summed E-state index contributed by atoms with van der Waals surface area (Å²) in [5.74, 6) is -0.120. The molecular formula is C12H14BrN3O2S. The first-order valence-electron chi connectivity index (χ1n) is 5.57. The summed E-state index contributed by atoms with van der Waals surface area (Å²) >= 11 is 3.26. The molecule has 0 amide bonds. The van der Waals surface area contributed by atoms with Crippen LogP contribution in [0.4, 0.5) is 5.69 Å². The van der Waals surface area contributed by atoms with E-state index in [1.165, 1.54) is 6.07 Å². The molecule has 0 bridgehead atoms. The maximum atomic E-state index is 12.4. The number of rotatable bonds is 3. The second kappa shape index (κ2) is 4.97. The lowest BCUT2D eigenvalue weighted by molar-refractivity contribution is 0.592. The molecule has 2 aromatic rings. The average Bonchev–Trinajstić information content (AvgIpc) is 2.60. The fourth-order valence-corrected chi connectivity index (χ4v) is 3.91. The van der Waals surface area contributed by atoms with E-state index in [-0.39, 0.29) is 16.3 Å². The number of aromatic nitrogens is 2. The predicted molar refractivity (Wildman–Crippen MR) is 77.4 cm³/mol. The molecule has 0 spiro atoms. The van der Waals surface area contributed by atoms with Crippen LogP contribution in [0.1, 0.15) is 11.4 Å². The molecule has 7 heteroatoms. The topological polar surface area (TPSA) is 78.0 Å². The van der Waals surface area contributed by atoms with Gasteiger partial charge in [-0.1, -0.05) is 15.9 Å². The van der Waals surface area contributed by atoms with Gasteiger partial charge in [-0.2, -0.15) is 5.10 Å². The number of aryl methyl sites for hydroxylation is 2. The highest BCUT2D eigenvalue weighted by Crippen LogP contribution is 2.26. The summed E-state index contributed by atoms with van der Waals surface area (Å²) in [5.41, 5.74) is 7.42. The number of halogens is 1. The third-order valence-electron chi connectivity index (χ3n) is 2.75. The maximum absolute atomic E-state index is 12.4. The number of hydrogen-bond acceptors (Lipinski definition) is 4. The summed E-state index contributed by atoms with van der Waals surface area (Å²) in [5, 5.41) is 4.14. The van der Waals surface area contributed by atoms with Gasteiger partial charge in [-0.25, -0.2) is 8.42 Å². The molecule has 0 fully saturated rings. The molecule has 19 heavy (non-hydrogen) atoms. The van der Waals surface area contributed by atoms with E-state index in [1.807, 2.05) is 6.92 Å². The minimum Gasteiger partial charge on any atom is -0.398 e. The van der Waals surface area contributed by atoms with Gasteiger partial charge in [0.2, 0.25) is 0 Å². The number of sulfone groups is 1. The molecule has 0 aliphatic rings. The monoisotopic (exact) mass is 343 g/mol. The zero-order chi connectivity index (χ0) is 14.2. The fourth-order valence-electron chi connectivity index (χ4n) is 1.85. The smallest absolute Gasteiger partial charge is 0.186 e. The van der Waals surface area contributed by atoms with E-state index in [0.717, 1.165) is 5.69 Å². The van der Waals surface area contributed by atoms with Crippen molar-refractivity contribution in [3.63, 3.8) is 0 Å². The van der Waals surface area contributed by atoms with Gasteiger partial charge in [0.15, 0.2) is 9.84 Å². The Hall–Kier alpha value is -1.34. The highest BCUT2D eigenvalue weighted by molar-refractivity contribution is 9.10. The van der Waals surface area contributed by atoms with Crippen molar-refractivity contribution in [1.82, 2.24) is 9.78 Å². The van der Waals surface area contributed by atoms with Crippen molar-refractivity contribution >= 4 is 31.5 Å². The Bertz CT molecular complexity index is 723. The number of nitrogen functional groups attached to an aromatic ring is 1. The van der Waals surface area contributed by atoms with Gasteiger partial charge in [-0.3, -0.25) is 4.68 Å². The Labute approximate surface area is 120 Å². The van der Waals surface area contributed by atoms with Gasteiger partial charge in [0.25, 0.3) is 0 Å². The Morgan fingerprint density at radius 2 is 2.05 bits per heavy atom. The van der Waals surface area contributed by atoms with Crippen molar-refractivity contribution in [2.45, 2.75) is 17.6 Å². The van der Waals surface area contributed by atoms with Gasteiger partial charge < -0.3 is 5.73 Å². The Morgan fingerprint density at radius 3 is 2.63 bits per heavy atom. The van der Waals surface area contributed by atoms with Crippen molar-refractivity contribution < 1.29 is 8.42 Å². The minimum absolute atomic E-state index is 0.120. The molecule has 0 saturated heterocycles. The van der Waals surface area contributed by atoms with Crippen LogP contribution in [0, 0.1) is 6.92 Å². The summed E-state index contributed by atoms with van der Waals surface area (Å²) in [7, 11) is -1.77. The molecule has 0 atom stereocenters. The number of hydrogen-bond donors (Lipinski definition) is 1. The van der Waals surface area contributed by atoms with Crippen molar-refractivity contribution in [2.24, 2.45) is 7.05 Å². The Morgan fingerprint density at radius 1 is 1.37 bits per heavy atom. The zero-order valence-corrected chi connectivity index (χ0v) is 13.0. The van der Waals surface area contributed by atoms with Crippen LogP contribution in [-0.2, 0) is 22.6 Å². The van der Waals surface area contributed by atoms with Crippen LogP contribution in [-0.4, -0.2) is 18.2 Å². The summed E-state index contributed by atoms with van der Waals surface area (Å²) in [6, 6.07) is 6.56. The highest BCUT2D eigenvalue weighted by Gasteiger charge is 2.20. The summed E-state index contributed by atoms with van der Waals surface area (Å²) in [6.07, 6.45) is 0. The first kappa shape index (κ1) is 14.1. The second-order valence-corrected chi connectivity index (χ2v) is 7.22. The second-order valence-electron chi connectivity index (χ2n) is 4.34. The SMILES string of the molecule is Cc1cc(CS(=O)(=O)c2cc(Br)ccc2N)n(C)n1. The number of anilines is 1. The summed E-state index contributed by atoms with van der Waals surface area (Å²) in [6.45, 7) is 1.82. The zero-order valence-electron chi connectivity index (χ0n) is 10.6. The van der Waals surface area contributed by atoms with E-state index in [2.05, 4.69) is 21.0 Å². The molecular weight excluding hydrogens is 330 g/mol. The number of nitrogens with zero attached hydrogens (tertiary/aromatic N) is 2. The van der Waals surface area contributed by atoms with Crippen LogP contribution in [0.15, 0.2) is 33.6 Å². The van der Waals surface area contributed by atoms with Crippen LogP contribution < -0.4 is 5.73 Å². The molecule has 2 N–H and O–H groups in total. The maximum Gasteiger partial charge on any atom is 0.186 e. The molecule has 0 unspecified atom stereocenters. The van der Waals surface area contributed by atoms with E-state index >= 15 is 0 Å². The lowest BCUT2D eigenvalue weighted by atomic mass is 10.3. The summed E-state index contributed by atoms with van der Waals surface area (Å²) in [4.78, 5) is 0.140. The van der Waals surface area contributed by atoms with Gasteiger partial charge in [0.1, 0.15) is 0 Å². The molecule has 0 aliphatic carbocycles. The summed E-state index contributed by atoms with van der Waals surface area (Å²) < 4.78 is 27.0. The van der Waals surface area contributed by atoms with E-state index < -0.39 is 9.84 Å². The van der Waals surface area contributed by atoms with Crippen LogP contribution in [0.3, 0.4) is 0 Å². The van der Waals surface area contributed by atoms with Crippen LogP contribution in [0.5, 0.6) is 0 Å². The fraction of sp³-hybridized carbons (Fsp3) is 0.250. The standard InChI is InChI=1S/C12H14BrN3O2S/c1-8-5-10(16(2)15-8)7-19(17,18)12-6-9(13)3-4-11(12)14/h3-6H,7,14H2,1-2H3. The normalized spacial score (nSPS) is 11.7. The van der Waals surface area contributed by atoms with Crippen LogP contribution in [0.25, 0.3) is 0 Å². The lowest BCUT2D eigenvalue weighted by Crippen LogP contribution is -2.10. The molecule has 102 valence electrons. The van der Waals surface area contributed by atoms with Crippen LogP contribution >= 0.6 is 15.9 Å². The molecule has 0 radical (unpaired) electrons. The minimum atomic E-state index is -3.49. The van der Waals surface area contributed by atoms with E-state index in [0.29, 0.717) is 10.2 Å². The van der Waals surface area contributed by atoms with E-state index in [1.54, 1.807) is 29.9 Å². The van der Waals surface area contributed by atoms with E-state index in [9.17, 15) is 8.42 Å². The van der Waals surface area contributed by atoms with Gasteiger partial charge in [0.05, 0.1) is 27.7 Å². The molecule has 2 rings (SSSR count). The lowest BCUT2D eigenvalue weighted by Gasteiger charge is -2.08. The molecule has 0 saturated carbocycles.